The molecule has 0 aliphatic heterocycles. The van der Waals surface area contributed by atoms with Gasteiger partial charge in [-0.15, -0.1) is 10.2 Å². The number of hydrogen-bond donors (Lipinski definition) is 0. The van der Waals surface area contributed by atoms with Crippen LogP contribution in [0.2, 0.25) is 5.02 Å². The molecule has 0 unspecified atom stereocenters. The maximum atomic E-state index is 11.8. The Labute approximate surface area is 133 Å². The van der Waals surface area contributed by atoms with E-state index in [4.69, 9.17) is 11.6 Å². The Kier molecular flexibility index (Phi) is 5.25. The number of hydrogen-bond acceptors (Lipinski definition) is 4. The minimum atomic E-state index is 0.0685. The second-order valence-electron chi connectivity index (χ2n) is 4.61. The van der Waals surface area contributed by atoms with Crippen molar-refractivity contribution in [2.75, 3.05) is 19.3 Å². The van der Waals surface area contributed by atoms with Crippen LogP contribution >= 0.6 is 23.4 Å². The monoisotopic (exact) mass is 324 g/mol. The molecule has 112 valence electrons. The number of rotatable bonds is 5. The fourth-order valence-electron chi connectivity index (χ4n) is 1.64. The van der Waals surface area contributed by atoms with Crippen LogP contribution in [0.15, 0.2) is 29.7 Å². The second kappa shape index (κ2) is 6.95. The summed E-state index contributed by atoms with van der Waals surface area (Å²) >= 11 is 7.51. The van der Waals surface area contributed by atoms with Crippen molar-refractivity contribution in [1.29, 1.82) is 0 Å². The molecule has 0 aliphatic carbocycles. The molecule has 0 aliphatic rings. The average Bonchev–Trinajstić information content (AvgIpc) is 2.95. The Bertz CT molecular complexity index is 644. The van der Waals surface area contributed by atoms with Crippen LogP contribution in [0, 0.1) is 6.92 Å². The molecule has 1 aromatic heterocycles. The number of nitrogens with zero attached hydrogens (tertiary/aromatic N) is 4. The van der Waals surface area contributed by atoms with Crippen LogP contribution in [0.4, 0.5) is 0 Å². The second-order valence-corrected chi connectivity index (χ2v) is 5.96. The molecule has 0 N–H and O–H groups in total. The molecular formula is C14H17ClN4OS. The zero-order valence-corrected chi connectivity index (χ0v) is 13.8. The summed E-state index contributed by atoms with van der Waals surface area (Å²) in [6, 6.07) is 5.76. The smallest absolute Gasteiger partial charge is 0.232 e. The minimum Gasteiger partial charge on any atom is -0.345 e. The van der Waals surface area contributed by atoms with Gasteiger partial charge in [0.25, 0.3) is 0 Å². The summed E-state index contributed by atoms with van der Waals surface area (Å²) in [5, 5.41) is 9.35. The number of halogens is 1. The molecule has 0 bridgehead atoms. The average molecular weight is 325 g/mol. The van der Waals surface area contributed by atoms with Gasteiger partial charge < -0.3 is 4.90 Å². The van der Waals surface area contributed by atoms with Gasteiger partial charge in [0.05, 0.1) is 11.4 Å². The Morgan fingerprint density at radius 3 is 2.90 bits per heavy atom. The fourth-order valence-corrected chi connectivity index (χ4v) is 2.69. The van der Waals surface area contributed by atoms with E-state index in [0.717, 1.165) is 11.3 Å². The Balaban J connectivity index is 2.15. The number of aromatic nitrogens is 3. The molecule has 1 amide bonds. The number of amides is 1. The number of carbonyl (C=O) groups excluding carboxylic acids is 1. The van der Waals surface area contributed by atoms with Gasteiger partial charge in [0.2, 0.25) is 5.91 Å². The lowest BCUT2D eigenvalue weighted by molar-refractivity contribution is -0.126. The quantitative estimate of drug-likeness (QED) is 0.794. The van der Waals surface area contributed by atoms with Crippen LogP contribution in [0.3, 0.4) is 0 Å². The molecule has 0 saturated carbocycles. The van der Waals surface area contributed by atoms with E-state index in [1.54, 1.807) is 18.3 Å². The first kappa shape index (κ1) is 15.9. The van der Waals surface area contributed by atoms with E-state index >= 15 is 0 Å². The molecule has 0 fully saturated rings. The predicted molar refractivity (Wildman–Crippen MR) is 85.1 cm³/mol. The Hall–Kier alpha value is -1.53. The van der Waals surface area contributed by atoms with Crippen molar-refractivity contribution in [1.82, 2.24) is 19.7 Å². The summed E-state index contributed by atoms with van der Waals surface area (Å²) in [5.74, 6) is 0.404. The summed E-state index contributed by atoms with van der Waals surface area (Å²) in [6.45, 7) is 4.59. The third-order valence-corrected chi connectivity index (χ3v) is 4.51. The highest BCUT2D eigenvalue weighted by molar-refractivity contribution is 7.99. The number of carbonyl (C=O) groups is 1. The standard InChI is InChI=1S/C14H17ClN4OS/c1-4-18(3)13(20)8-21-14-17-16-9-19(14)11-6-5-10(2)12(15)7-11/h5-7,9H,4,8H2,1-3H3. The van der Waals surface area contributed by atoms with E-state index in [-0.39, 0.29) is 5.91 Å². The lowest BCUT2D eigenvalue weighted by atomic mass is 10.2. The van der Waals surface area contributed by atoms with Crippen molar-refractivity contribution in [2.24, 2.45) is 0 Å². The molecular weight excluding hydrogens is 308 g/mol. The topological polar surface area (TPSA) is 51.0 Å². The first-order valence-electron chi connectivity index (χ1n) is 6.56. The number of thioether (sulfide) groups is 1. The van der Waals surface area contributed by atoms with E-state index in [1.807, 2.05) is 36.6 Å². The van der Waals surface area contributed by atoms with Gasteiger partial charge in [-0.05, 0) is 31.5 Å². The summed E-state index contributed by atoms with van der Waals surface area (Å²) < 4.78 is 1.83. The van der Waals surface area contributed by atoms with Crippen LogP contribution in [0.25, 0.3) is 5.69 Å². The van der Waals surface area contributed by atoms with E-state index < -0.39 is 0 Å². The first-order valence-corrected chi connectivity index (χ1v) is 7.92. The lowest BCUT2D eigenvalue weighted by Crippen LogP contribution is -2.27. The van der Waals surface area contributed by atoms with Gasteiger partial charge in [-0.25, -0.2) is 0 Å². The highest BCUT2D eigenvalue weighted by atomic mass is 35.5. The van der Waals surface area contributed by atoms with Gasteiger partial charge >= 0.3 is 0 Å². The molecule has 5 nitrogen and oxygen atoms in total. The summed E-state index contributed by atoms with van der Waals surface area (Å²) in [5.41, 5.74) is 1.90. The van der Waals surface area contributed by atoms with Crippen LogP contribution in [0.5, 0.6) is 0 Å². The summed E-state index contributed by atoms with van der Waals surface area (Å²) in [6.07, 6.45) is 1.62. The predicted octanol–water partition coefficient (Wildman–Crippen LogP) is 2.80. The van der Waals surface area contributed by atoms with E-state index in [0.29, 0.717) is 22.5 Å². The van der Waals surface area contributed by atoms with Crippen molar-refractivity contribution in [2.45, 2.75) is 19.0 Å². The van der Waals surface area contributed by atoms with Gasteiger partial charge in [0.15, 0.2) is 5.16 Å². The van der Waals surface area contributed by atoms with Gasteiger partial charge in [-0.3, -0.25) is 9.36 Å². The zero-order valence-electron chi connectivity index (χ0n) is 12.2. The van der Waals surface area contributed by atoms with Crippen molar-refractivity contribution in [3.63, 3.8) is 0 Å². The van der Waals surface area contributed by atoms with E-state index in [2.05, 4.69) is 10.2 Å². The van der Waals surface area contributed by atoms with Crippen LogP contribution in [0.1, 0.15) is 12.5 Å². The molecule has 2 aromatic rings. The minimum absolute atomic E-state index is 0.0685. The van der Waals surface area contributed by atoms with Crippen LogP contribution < -0.4 is 0 Å². The van der Waals surface area contributed by atoms with E-state index in [1.165, 1.54) is 11.8 Å². The third-order valence-electron chi connectivity index (χ3n) is 3.17. The molecule has 2 rings (SSSR count). The molecule has 1 aromatic carbocycles. The van der Waals surface area contributed by atoms with Crippen LogP contribution in [-0.4, -0.2) is 44.9 Å². The van der Waals surface area contributed by atoms with Crippen molar-refractivity contribution in [3.05, 3.63) is 35.1 Å². The van der Waals surface area contributed by atoms with Gasteiger partial charge in [0.1, 0.15) is 6.33 Å². The van der Waals surface area contributed by atoms with Crippen molar-refractivity contribution in [3.8, 4) is 5.69 Å². The molecule has 0 atom stereocenters. The normalized spacial score (nSPS) is 10.7. The first-order chi connectivity index (χ1) is 10.0. The largest absolute Gasteiger partial charge is 0.345 e. The maximum absolute atomic E-state index is 11.8. The van der Waals surface area contributed by atoms with Crippen molar-refractivity contribution < 1.29 is 4.79 Å². The van der Waals surface area contributed by atoms with E-state index in [9.17, 15) is 4.79 Å². The molecule has 7 heteroatoms. The lowest BCUT2D eigenvalue weighted by Gasteiger charge is -2.14. The fraction of sp³-hybridized carbons (Fsp3) is 0.357. The Morgan fingerprint density at radius 2 is 2.24 bits per heavy atom. The van der Waals surface area contributed by atoms with Gasteiger partial charge in [-0.2, -0.15) is 0 Å². The zero-order chi connectivity index (χ0) is 15.4. The van der Waals surface area contributed by atoms with Crippen molar-refractivity contribution >= 4 is 29.3 Å². The molecule has 1 heterocycles. The summed E-state index contributed by atoms with van der Waals surface area (Å²) in [4.78, 5) is 13.5. The SMILES string of the molecule is CCN(C)C(=O)CSc1nncn1-c1ccc(C)c(Cl)c1. The van der Waals surface area contributed by atoms with Gasteiger partial charge in [0, 0.05) is 18.6 Å². The highest BCUT2D eigenvalue weighted by Crippen LogP contribution is 2.23. The summed E-state index contributed by atoms with van der Waals surface area (Å²) in [7, 11) is 1.79. The third kappa shape index (κ3) is 3.77. The molecule has 0 saturated heterocycles. The number of aryl methyl sites for hydroxylation is 1. The maximum Gasteiger partial charge on any atom is 0.232 e. The highest BCUT2D eigenvalue weighted by Gasteiger charge is 2.12. The molecule has 0 spiro atoms. The Morgan fingerprint density at radius 1 is 1.48 bits per heavy atom. The molecule has 0 radical (unpaired) electrons. The van der Waals surface area contributed by atoms with Crippen LogP contribution in [-0.2, 0) is 4.79 Å². The number of benzene rings is 1. The van der Waals surface area contributed by atoms with Gasteiger partial charge in [-0.1, -0.05) is 29.4 Å². The molecule has 21 heavy (non-hydrogen) atoms.